The highest BCUT2D eigenvalue weighted by Crippen LogP contribution is 2.52. The zero-order valence-corrected chi connectivity index (χ0v) is 13.0. The van der Waals surface area contributed by atoms with Crippen molar-refractivity contribution in [2.45, 2.75) is 31.5 Å². The van der Waals surface area contributed by atoms with E-state index in [1.54, 1.807) is 6.92 Å². The Morgan fingerprint density at radius 3 is 3.09 bits per heavy atom. The number of fused-ring (bicyclic) bond motifs is 1. The lowest BCUT2D eigenvalue weighted by Gasteiger charge is -2.27. The first kappa shape index (κ1) is 16.4. The number of nitrogen functional groups attached to an aromatic ring is 1. The molecule has 0 bridgehead atoms. The van der Waals surface area contributed by atoms with E-state index in [1.165, 1.54) is 10.9 Å². The van der Waals surface area contributed by atoms with Crippen molar-refractivity contribution in [3.63, 3.8) is 0 Å². The molecule has 2 fully saturated rings. The fourth-order valence-electron chi connectivity index (χ4n) is 2.50. The molecule has 5 atom stereocenters. The summed E-state index contributed by atoms with van der Waals surface area (Å²) in [4.78, 5) is 24.9. The Morgan fingerprint density at radius 2 is 2.39 bits per heavy atom. The van der Waals surface area contributed by atoms with Gasteiger partial charge in [-0.25, -0.2) is 14.3 Å². The van der Waals surface area contributed by atoms with Gasteiger partial charge in [-0.1, -0.05) is 0 Å². The number of hydrogen-bond donors (Lipinski definition) is 3. The summed E-state index contributed by atoms with van der Waals surface area (Å²) >= 11 is 0. The fourth-order valence-corrected chi connectivity index (χ4v) is 3.46. The number of esters is 1. The fraction of sp³-hybridized carbons (Fsp3) is 0.636. The summed E-state index contributed by atoms with van der Waals surface area (Å²) in [7, 11) is -4.21. The van der Waals surface area contributed by atoms with Gasteiger partial charge in [0.25, 0.3) is 0 Å². The van der Waals surface area contributed by atoms with Crippen molar-refractivity contribution in [2.24, 2.45) is 0 Å². The molecule has 1 unspecified atom stereocenters. The lowest BCUT2D eigenvalue weighted by atomic mass is 10.1. The molecule has 3 heterocycles. The Morgan fingerprint density at radius 1 is 1.65 bits per heavy atom. The quantitative estimate of drug-likeness (QED) is 0.476. The lowest BCUT2D eigenvalue weighted by molar-refractivity contribution is -0.0668. The van der Waals surface area contributed by atoms with E-state index in [4.69, 9.17) is 19.7 Å². The number of carbonyl (C=O) groups is 1. The number of aliphatic hydroxyl groups is 1. The van der Waals surface area contributed by atoms with Gasteiger partial charge in [0.15, 0.2) is 11.9 Å². The minimum absolute atomic E-state index is 0.0563. The molecule has 4 N–H and O–H groups in total. The van der Waals surface area contributed by atoms with E-state index in [0.717, 1.165) is 0 Å². The summed E-state index contributed by atoms with van der Waals surface area (Å²) in [6.45, 7) is 1.59. The largest absolute Gasteiger partial charge is 0.472 e. The standard InChI is InChI=1S/C11H16N3O8P/c1-2-19-11(16)6-9(12)14(4-13-6)10-7(15)8-5(21-10)3-20-23(17,18)22-8/h4-5,7-8,10,15H,2-3,12H2,1H3,(H,17,18)/t5-,7-,8-,10-/m1/s1. The van der Waals surface area contributed by atoms with Crippen LogP contribution in [0.15, 0.2) is 6.33 Å². The summed E-state index contributed by atoms with van der Waals surface area (Å²) in [6.07, 6.45) is -2.93. The van der Waals surface area contributed by atoms with Crippen LogP contribution >= 0.6 is 7.82 Å². The molecule has 12 heteroatoms. The number of carbonyl (C=O) groups excluding carboxylic acids is 1. The van der Waals surface area contributed by atoms with Crippen molar-refractivity contribution in [2.75, 3.05) is 18.9 Å². The third kappa shape index (κ3) is 2.87. The van der Waals surface area contributed by atoms with Crippen molar-refractivity contribution in [3.05, 3.63) is 12.0 Å². The molecule has 2 aliphatic heterocycles. The van der Waals surface area contributed by atoms with Crippen LogP contribution in [-0.2, 0) is 23.1 Å². The molecule has 0 aromatic carbocycles. The van der Waals surface area contributed by atoms with Crippen molar-refractivity contribution < 1.29 is 37.9 Å². The third-order valence-electron chi connectivity index (χ3n) is 3.54. The third-order valence-corrected chi connectivity index (χ3v) is 4.53. The van der Waals surface area contributed by atoms with Crippen molar-refractivity contribution in [1.82, 2.24) is 9.55 Å². The normalized spacial score (nSPS) is 36.7. The zero-order chi connectivity index (χ0) is 16.8. The number of aromatic nitrogens is 2. The van der Waals surface area contributed by atoms with Gasteiger partial charge in [0.1, 0.15) is 24.1 Å². The van der Waals surface area contributed by atoms with E-state index in [9.17, 15) is 19.4 Å². The first-order valence-electron chi connectivity index (χ1n) is 6.82. The van der Waals surface area contributed by atoms with Crippen LogP contribution in [-0.4, -0.2) is 57.0 Å². The van der Waals surface area contributed by atoms with Crippen LogP contribution in [0, 0.1) is 0 Å². The predicted molar refractivity (Wildman–Crippen MR) is 73.2 cm³/mol. The number of hydrogen-bond acceptors (Lipinski definition) is 9. The molecule has 3 rings (SSSR count). The summed E-state index contributed by atoms with van der Waals surface area (Å²) in [5, 5.41) is 10.3. The molecule has 0 radical (unpaired) electrons. The van der Waals surface area contributed by atoms with Crippen LogP contribution in [0.3, 0.4) is 0 Å². The maximum absolute atomic E-state index is 11.7. The Kier molecular flexibility index (Phi) is 4.17. The second-order valence-corrected chi connectivity index (χ2v) is 6.40. The van der Waals surface area contributed by atoms with Gasteiger partial charge in [-0.3, -0.25) is 13.6 Å². The monoisotopic (exact) mass is 349 g/mol. The summed E-state index contributed by atoms with van der Waals surface area (Å²) < 4.78 is 32.5. The van der Waals surface area contributed by atoms with E-state index < -0.39 is 38.3 Å². The number of ether oxygens (including phenoxy) is 2. The maximum atomic E-state index is 11.7. The molecular weight excluding hydrogens is 333 g/mol. The Hall–Kier alpha value is -1.49. The number of phosphoric ester groups is 1. The first-order chi connectivity index (χ1) is 10.8. The van der Waals surface area contributed by atoms with Crippen molar-refractivity contribution in [3.8, 4) is 0 Å². The van der Waals surface area contributed by atoms with E-state index >= 15 is 0 Å². The van der Waals surface area contributed by atoms with Crippen LogP contribution in [0.25, 0.3) is 0 Å². The van der Waals surface area contributed by atoms with E-state index in [-0.39, 0.29) is 24.7 Å². The molecule has 0 saturated carbocycles. The molecule has 2 saturated heterocycles. The number of rotatable bonds is 3. The van der Waals surface area contributed by atoms with Crippen molar-refractivity contribution >= 4 is 19.6 Å². The van der Waals surface area contributed by atoms with Gasteiger partial charge in [-0.05, 0) is 6.92 Å². The van der Waals surface area contributed by atoms with Crippen LogP contribution in [0.2, 0.25) is 0 Å². The lowest BCUT2D eigenvalue weighted by Crippen LogP contribution is -2.39. The number of nitrogens with zero attached hydrogens (tertiary/aromatic N) is 2. The van der Waals surface area contributed by atoms with Gasteiger partial charge >= 0.3 is 13.8 Å². The minimum atomic E-state index is -4.21. The van der Waals surface area contributed by atoms with E-state index in [0.29, 0.717) is 0 Å². The highest BCUT2D eigenvalue weighted by Gasteiger charge is 2.52. The zero-order valence-electron chi connectivity index (χ0n) is 12.1. The number of phosphoric acid groups is 1. The second-order valence-electron chi connectivity index (χ2n) is 5.00. The number of anilines is 1. The van der Waals surface area contributed by atoms with Gasteiger partial charge in [-0.2, -0.15) is 0 Å². The summed E-state index contributed by atoms with van der Waals surface area (Å²) in [6, 6.07) is 0. The molecule has 0 aliphatic carbocycles. The number of nitrogens with two attached hydrogens (primary N) is 1. The summed E-state index contributed by atoms with van der Waals surface area (Å²) in [5.41, 5.74) is 5.74. The Bertz CT molecular complexity index is 664. The van der Waals surface area contributed by atoms with Gasteiger partial charge in [0.05, 0.1) is 19.5 Å². The summed E-state index contributed by atoms with van der Waals surface area (Å²) in [5.74, 6) is -0.757. The minimum Gasteiger partial charge on any atom is -0.461 e. The maximum Gasteiger partial charge on any atom is 0.472 e. The molecule has 128 valence electrons. The average Bonchev–Trinajstić information content (AvgIpc) is 3.00. The first-order valence-corrected chi connectivity index (χ1v) is 8.32. The molecule has 0 amide bonds. The van der Waals surface area contributed by atoms with Crippen LogP contribution in [0.4, 0.5) is 5.82 Å². The average molecular weight is 349 g/mol. The molecule has 2 aliphatic rings. The van der Waals surface area contributed by atoms with Crippen LogP contribution in [0.1, 0.15) is 23.6 Å². The Balaban J connectivity index is 1.83. The predicted octanol–water partition coefficient (Wildman–Crippen LogP) is -0.584. The topological polar surface area (TPSA) is 155 Å². The molecule has 11 nitrogen and oxygen atoms in total. The molecule has 1 aromatic heterocycles. The van der Waals surface area contributed by atoms with Gasteiger partial charge in [0, 0.05) is 0 Å². The molecule has 0 spiro atoms. The SMILES string of the molecule is CCOC(=O)c1ncn([C@@H]2O[C@@H]3COP(=O)(O)O[C@H]3[C@H]2O)c1N. The molecule has 23 heavy (non-hydrogen) atoms. The number of aliphatic hydroxyl groups excluding tert-OH is 1. The smallest absolute Gasteiger partial charge is 0.461 e. The van der Waals surface area contributed by atoms with Gasteiger partial charge in [0.2, 0.25) is 0 Å². The van der Waals surface area contributed by atoms with E-state index in [1.807, 2.05) is 0 Å². The molecule has 1 aromatic rings. The van der Waals surface area contributed by atoms with E-state index in [2.05, 4.69) is 9.51 Å². The van der Waals surface area contributed by atoms with Crippen LogP contribution < -0.4 is 5.73 Å². The van der Waals surface area contributed by atoms with Gasteiger partial charge in [-0.15, -0.1) is 0 Å². The second kappa shape index (κ2) is 5.86. The van der Waals surface area contributed by atoms with Gasteiger partial charge < -0.3 is 25.2 Å². The number of imidazole rings is 1. The molecular formula is C11H16N3O8P. The highest BCUT2D eigenvalue weighted by molar-refractivity contribution is 7.47. The van der Waals surface area contributed by atoms with Crippen molar-refractivity contribution in [1.29, 1.82) is 0 Å². The Labute approximate surface area is 130 Å². The van der Waals surface area contributed by atoms with Crippen LogP contribution in [0.5, 0.6) is 0 Å². The highest BCUT2D eigenvalue weighted by atomic mass is 31.2.